The van der Waals surface area contributed by atoms with E-state index in [-0.39, 0.29) is 31.4 Å². The molecule has 0 bridgehead atoms. The smallest absolute Gasteiger partial charge is 0.226 e. The van der Waals surface area contributed by atoms with Crippen molar-refractivity contribution in [3.05, 3.63) is 24.3 Å². The van der Waals surface area contributed by atoms with E-state index in [0.717, 1.165) is 0 Å². The third kappa shape index (κ3) is 5.87. The first kappa shape index (κ1) is 15.0. The predicted molar refractivity (Wildman–Crippen MR) is 72.6 cm³/mol. The van der Waals surface area contributed by atoms with E-state index < -0.39 is 5.91 Å². The van der Waals surface area contributed by atoms with Crippen LogP contribution in [0.15, 0.2) is 24.3 Å². The number of nitrogens with two attached hydrogens (primary N) is 2. The lowest BCUT2D eigenvalue weighted by molar-refractivity contribution is -0.118. The molecule has 1 rings (SSSR count). The summed E-state index contributed by atoms with van der Waals surface area (Å²) in [6.45, 7) is 1.93. The van der Waals surface area contributed by atoms with E-state index in [1.807, 2.05) is 0 Å². The molecular weight excluding hydrogens is 246 g/mol. The second-order valence-electron chi connectivity index (χ2n) is 4.29. The maximum Gasteiger partial charge on any atom is 0.226 e. The number of ether oxygens (including phenoxy) is 1. The Morgan fingerprint density at radius 2 is 2.05 bits per heavy atom. The number of nitrogens with one attached hydrogen (secondary N) is 1. The fraction of sp³-hybridized carbons (Fsp3) is 0.385. The normalized spacial score (nSPS) is 11.7. The quantitative estimate of drug-likeness (QED) is 0.671. The molecule has 2 amide bonds. The lowest BCUT2D eigenvalue weighted by Gasteiger charge is -2.12. The molecule has 1 aromatic rings. The van der Waals surface area contributed by atoms with Crippen LogP contribution in [0.5, 0.6) is 5.75 Å². The highest BCUT2D eigenvalue weighted by Crippen LogP contribution is 2.24. The zero-order valence-corrected chi connectivity index (χ0v) is 10.9. The van der Waals surface area contributed by atoms with E-state index in [4.69, 9.17) is 16.2 Å². The summed E-state index contributed by atoms with van der Waals surface area (Å²) in [5.41, 5.74) is 11.1. The van der Waals surface area contributed by atoms with Gasteiger partial charge in [-0.1, -0.05) is 12.1 Å². The van der Waals surface area contributed by atoms with Crippen LogP contribution in [0, 0.1) is 0 Å². The van der Waals surface area contributed by atoms with Gasteiger partial charge in [0.15, 0.2) is 0 Å². The number of primary amides is 1. The van der Waals surface area contributed by atoms with Crippen molar-refractivity contribution in [3.63, 3.8) is 0 Å². The molecule has 0 saturated carbocycles. The molecule has 104 valence electrons. The molecule has 6 heteroatoms. The van der Waals surface area contributed by atoms with Gasteiger partial charge in [0.1, 0.15) is 5.75 Å². The molecule has 6 nitrogen and oxygen atoms in total. The van der Waals surface area contributed by atoms with Crippen molar-refractivity contribution >= 4 is 17.5 Å². The van der Waals surface area contributed by atoms with Crippen LogP contribution in [0.1, 0.15) is 19.8 Å². The van der Waals surface area contributed by atoms with Crippen LogP contribution in [0.3, 0.4) is 0 Å². The second-order valence-corrected chi connectivity index (χ2v) is 4.29. The highest BCUT2D eigenvalue weighted by molar-refractivity contribution is 5.92. The van der Waals surface area contributed by atoms with Gasteiger partial charge < -0.3 is 21.5 Å². The molecule has 0 fully saturated rings. The van der Waals surface area contributed by atoms with Gasteiger partial charge in [-0.25, -0.2) is 0 Å². The average Bonchev–Trinajstić information content (AvgIpc) is 2.29. The minimum atomic E-state index is -0.432. The minimum absolute atomic E-state index is 0.127. The predicted octanol–water partition coefficient (Wildman–Crippen LogP) is 0.617. The Balaban J connectivity index is 2.62. The number of hydrogen-bond donors (Lipinski definition) is 3. The van der Waals surface area contributed by atoms with Crippen LogP contribution in [0.25, 0.3) is 0 Å². The molecule has 0 saturated heterocycles. The zero-order valence-electron chi connectivity index (χ0n) is 10.9. The molecule has 1 atom stereocenters. The molecule has 0 radical (unpaired) electrons. The van der Waals surface area contributed by atoms with Crippen LogP contribution >= 0.6 is 0 Å². The van der Waals surface area contributed by atoms with Crippen molar-refractivity contribution in [1.82, 2.24) is 0 Å². The van der Waals surface area contributed by atoms with Gasteiger partial charge in [0.2, 0.25) is 11.8 Å². The van der Waals surface area contributed by atoms with Crippen molar-refractivity contribution in [2.24, 2.45) is 11.5 Å². The van der Waals surface area contributed by atoms with E-state index in [9.17, 15) is 9.59 Å². The number of hydrogen-bond acceptors (Lipinski definition) is 4. The Kier molecular flexibility index (Phi) is 5.81. The highest BCUT2D eigenvalue weighted by atomic mass is 16.5. The van der Waals surface area contributed by atoms with Gasteiger partial charge >= 0.3 is 0 Å². The van der Waals surface area contributed by atoms with Crippen LogP contribution in [-0.4, -0.2) is 24.5 Å². The maximum atomic E-state index is 11.6. The molecule has 1 unspecified atom stereocenters. The van der Waals surface area contributed by atoms with Gasteiger partial charge in [-0.15, -0.1) is 0 Å². The molecule has 1 aromatic carbocycles. The van der Waals surface area contributed by atoms with Gasteiger partial charge in [-0.3, -0.25) is 9.59 Å². The van der Waals surface area contributed by atoms with Crippen molar-refractivity contribution in [1.29, 1.82) is 0 Å². The van der Waals surface area contributed by atoms with Crippen molar-refractivity contribution < 1.29 is 14.3 Å². The third-order valence-electron chi connectivity index (χ3n) is 2.27. The topological polar surface area (TPSA) is 107 Å². The van der Waals surface area contributed by atoms with Crippen molar-refractivity contribution in [3.8, 4) is 5.75 Å². The van der Waals surface area contributed by atoms with Crippen LogP contribution in [-0.2, 0) is 9.59 Å². The first-order valence-corrected chi connectivity index (χ1v) is 6.04. The largest absolute Gasteiger partial charge is 0.491 e. The standard InChI is InChI=1S/C13H19N3O3/c1-9(14)8-13(18)16-10-4-2-3-5-11(10)19-7-6-12(15)17/h2-5,9H,6-8,14H2,1H3,(H2,15,17)(H,16,18). The van der Waals surface area contributed by atoms with Gasteiger partial charge in [0.05, 0.1) is 18.7 Å². The number of anilines is 1. The fourth-order valence-corrected chi connectivity index (χ4v) is 1.45. The summed E-state index contributed by atoms with van der Waals surface area (Å²) < 4.78 is 5.41. The van der Waals surface area contributed by atoms with E-state index in [0.29, 0.717) is 11.4 Å². The first-order valence-electron chi connectivity index (χ1n) is 6.04. The SMILES string of the molecule is CC(N)CC(=O)Nc1ccccc1OCCC(N)=O. The van der Waals surface area contributed by atoms with Gasteiger partial charge in [0.25, 0.3) is 0 Å². The average molecular weight is 265 g/mol. The number of amides is 2. The van der Waals surface area contributed by atoms with Crippen LogP contribution < -0.4 is 21.5 Å². The monoisotopic (exact) mass is 265 g/mol. The molecule has 5 N–H and O–H groups in total. The fourth-order valence-electron chi connectivity index (χ4n) is 1.45. The third-order valence-corrected chi connectivity index (χ3v) is 2.27. The van der Waals surface area contributed by atoms with E-state index in [2.05, 4.69) is 5.32 Å². The maximum absolute atomic E-state index is 11.6. The minimum Gasteiger partial charge on any atom is -0.491 e. The molecule has 19 heavy (non-hydrogen) atoms. The number of carbonyl (C=O) groups excluding carboxylic acids is 2. The second kappa shape index (κ2) is 7.38. The summed E-state index contributed by atoms with van der Waals surface area (Å²) >= 11 is 0. The number of para-hydroxylation sites is 2. The molecule has 0 spiro atoms. The van der Waals surface area contributed by atoms with E-state index in [1.165, 1.54) is 0 Å². The molecular formula is C13H19N3O3. The summed E-state index contributed by atoms with van der Waals surface area (Å²) in [6.07, 6.45) is 0.359. The first-order chi connectivity index (χ1) is 8.99. The van der Waals surface area contributed by atoms with Gasteiger partial charge in [0, 0.05) is 12.5 Å². The van der Waals surface area contributed by atoms with Crippen molar-refractivity contribution in [2.45, 2.75) is 25.8 Å². The van der Waals surface area contributed by atoms with Crippen molar-refractivity contribution in [2.75, 3.05) is 11.9 Å². The van der Waals surface area contributed by atoms with Gasteiger partial charge in [-0.05, 0) is 19.1 Å². The summed E-state index contributed by atoms with van der Waals surface area (Å²) in [7, 11) is 0. The molecule has 0 aliphatic heterocycles. The number of rotatable bonds is 7. The summed E-state index contributed by atoms with van der Waals surface area (Å²) in [5, 5.41) is 2.72. The molecule has 0 aliphatic rings. The number of benzene rings is 1. The number of carbonyl (C=O) groups is 2. The van der Waals surface area contributed by atoms with Crippen LogP contribution in [0.4, 0.5) is 5.69 Å². The Morgan fingerprint density at radius 1 is 1.37 bits per heavy atom. The highest BCUT2D eigenvalue weighted by Gasteiger charge is 2.09. The van der Waals surface area contributed by atoms with Crippen LogP contribution in [0.2, 0.25) is 0 Å². The van der Waals surface area contributed by atoms with Gasteiger partial charge in [-0.2, -0.15) is 0 Å². The zero-order chi connectivity index (χ0) is 14.3. The van der Waals surface area contributed by atoms with E-state index >= 15 is 0 Å². The Morgan fingerprint density at radius 3 is 2.68 bits per heavy atom. The Labute approximate surface area is 112 Å². The summed E-state index contributed by atoms with van der Waals surface area (Å²) in [4.78, 5) is 22.3. The Bertz CT molecular complexity index is 447. The Hall–Kier alpha value is -2.08. The molecule has 0 heterocycles. The summed E-state index contributed by atoms with van der Waals surface area (Å²) in [6, 6.07) is 6.78. The van der Waals surface area contributed by atoms with E-state index in [1.54, 1.807) is 31.2 Å². The molecule has 0 aromatic heterocycles. The molecule has 0 aliphatic carbocycles. The lowest BCUT2D eigenvalue weighted by atomic mass is 10.2. The summed E-state index contributed by atoms with van der Waals surface area (Å²) in [5.74, 6) is -0.110. The lowest BCUT2D eigenvalue weighted by Crippen LogP contribution is -2.24.